The first-order chi connectivity index (χ1) is 16.1. The van der Waals surface area contributed by atoms with E-state index >= 15 is 0 Å². The number of aromatic carboxylic acids is 1. The number of carbonyl (C=O) groups is 1. The standard InChI is InChI=1S/C20H12ClF6N3O4S/c21-15-7-13(19(22,23)24)9-29-17(15)30(10-11-1-6-16(28-8-11)20(25,26)27)35(33,34)14-4-2-12(3-5-14)18(31)32/h1-9H,10H2,(H,31,32). The van der Waals surface area contributed by atoms with Gasteiger partial charge in [-0.15, -0.1) is 0 Å². The van der Waals surface area contributed by atoms with Gasteiger partial charge in [-0.2, -0.15) is 26.3 Å². The van der Waals surface area contributed by atoms with Gasteiger partial charge in [-0.3, -0.25) is 4.98 Å². The van der Waals surface area contributed by atoms with Crippen LogP contribution >= 0.6 is 11.6 Å². The summed E-state index contributed by atoms with van der Waals surface area (Å²) in [4.78, 5) is 17.3. The van der Waals surface area contributed by atoms with Crippen molar-refractivity contribution in [2.75, 3.05) is 4.31 Å². The SMILES string of the molecule is O=C(O)c1ccc(S(=O)(=O)N(Cc2ccc(C(F)(F)F)nc2)c2ncc(C(F)(F)F)cc2Cl)cc1. The van der Waals surface area contributed by atoms with E-state index in [2.05, 4.69) is 9.97 Å². The van der Waals surface area contributed by atoms with Gasteiger partial charge in [-0.1, -0.05) is 17.7 Å². The van der Waals surface area contributed by atoms with Crippen LogP contribution in [-0.2, 0) is 28.9 Å². The van der Waals surface area contributed by atoms with Gasteiger partial charge < -0.3 is 5.11 Å². The third kappa shape index (κ3) is 5.82. The van der Waals surface area contributed by atoms with E-state index in [0.29, 0.717) is 22.6 Å². The Hall–Kier alpha value is -3.39. The Morgan fingerprint density at radius 1 is 0.943 bits per heavy atom. The predicted octanol–water partition coefficient (Wildman–Crippen LogP) is 5.26. The number of carboxylic acids is 1. The average molecular weight is 540 g/mol. The number of aromatic nitrogens is 2. The fraction of sp³-hybridized carbons (Fsp3) is 0.150. The molecule has 0 unspecified atom stereocenters. The molecule has 0 aliphatic heterocycles. The summed E-state index contributed by atoms with van der Waals surface area (Å²) < 4.78 is 105. The van der Waals surface area contributed by atoms with Crippen molar-refractivity contribution in [2.24, 2.45) is 0 Å². The predicted molar refractivity (Wildman–Crippen MR) is 110 cm³/mol. The summed E-state index contributed by atoms with van der Waals surface area (Å²) in [7, 11) is -4.64. The molecule has 0 fully saturated rings. The van der Waals surface area contributed by atoms with Crippen LogP contribution in [0.25, 0.3) is 0 Å². The molecule has 0 bridgehead atoms. The largest absolute Gasteiger partial charge is 0.478 e. The fourth-order valence-electron chi connectivity index (χ4n) is 2.79. The third-order valence-electron chi connectivity index (χ3n) is 4.52. The minimum absolute atomic E-state index is 0.0681. The van der Waals surface area contributed by atoms with Gasteiger partial charge in [-0.05, 0) is 42.0 Å². The summed E-state index contributed by atoms with van der Waals surface area (Å²) in [6.07, 6.45) is -8.49. The summed E-state index contributed by atoms with van der Waals surface area (Å²) in [5, 5.41) is 8.30. The van der Waals surface area contributed by atoms with Crippen molar-refractivity contribution in [1.82, 2.24) is 9.97 Å². The van der Waals surface area contributed by atoms with Crippen molar-refractivity contribution < 1.29 is 44.7 Å². The van der Waals surface area contributed by atoms with E-state index in [4.69, 9.17) is 16.7 Å². The number of benzene rings is 1. The van der Waals surface area contributed by atoms with Gasteiger partial charge in [0, 0.05) is 12.4 Å². The first-order valence-electron chi connectivity index (χ1n) is 9.21. The Morgan fingerprint density at radius 3 is 2.03 bits per heavy atom. The Bertz CT molecular complexity index is 1350. The number of anilines is 1. The van der Waals surface area contributed by atoms with E-state index in [1.54, 1.807) is 0 Å². The van der Waals surface area contributed by atoms with Gasteiger partial charge in [0.25, 0.3) is 10.0 Å². The van der Waals surface area contributed by atoms with Crippen molar-refractivity contribution >= 4 is 33.4 Å². The molecular formula is C20H12ClF6N3O4S. The fourth-order valence-corrected chi connectivity index (χ4v) is 4.54. The molecule has 2 aromatic heterocycles. The molecule has 0 radical (unpaired) electrons. The molecule has 2 heterocycles. The molecule has 0 amide bonds. The molecule has 0 saturated heterocycles. The van der Waals surface area contributed by atoms with Crippen LogP contribution < -0.4 is 4.31 Å². The summed E-state index contributed by atoms with van der Waals surface area (Å²) >= 11 is 5.93. The average Bonchev–Trinajstić information content (AvgIpc) is 2.76. The van der Waals surface area contributed by atoms with E-state index in [0.717, 1.165) is 36.5 Å². The highest BCUT2D eigenvalue weighted by Gasteiger charge is 2.35. The molecule has 3 rings (SSSR count). The van der Waals surface area contributed by atoms with Crippen LogP contribution in [0.1, 0.15) is 27.2 Å². The van der Waals surface area contributed by atoms with Crippen molar-refractivity contribution in [1.29, 1.82) is 0 Å². The van der Waals surface area contributed by atoms with Crippen LogP contribution in [0.3, 0.4) is 0 Å². The number of hydrogen-bond donors (Lipinski definition) is 1. The van der Waals surface area contributed by atoms with Crippen molar-refractivity contribution in [3.8, 4) is 0 Å². The van der Waals surface area contributed by atoms with Crippen molar-refractivity contribution in [3.05, 3.63) is 82.3 Å². The second-order valence-corrected chi connectivity index (χ2v) is 9.19. The first kappa shape index (κ1) is 26.2. The molecule has 1 N–H and O–H groups in total. The summed E-state index contributed by atoms with van der Waals surface area (Å²) in [5.74, 6) is -1.98. The highest BCUT2D eigenvalue weighted by atomic mass is 35.5. The minimum atomic E-state index is -4.83. The monoisotopic (exact) mass is 539 g/mol. The zero-order valence-corrected chi connectivity index (χ0v) is 18.5. The Labute approximate surface area is 198 Å². The highest BCUT2D eigenvalue weighted by molar-refractivity contribution is 7.92. The van der Waals surface area contributed by atoms with Crippen LogP contribution in [0.4, 0.5) is 32.2 Å². The summed E-state index contributed by atoms with van der Waals surface area (Å²) in [5.41, 5.74) is -2.81. The number of pyridine rings is 2. The molecule has 186 valence electrons. The molecule has 1 aromatic carbocycles. The van der Waals surface area contributed by atoms with Crippen LogP contribution in [0, 0.1) is 0 Å². The van der Waals surface area contributed by atoms with E-state index < -0.39 is 61.9 Å². The molecule has 7 nitrogen and oxygen atoms in total. The van der Waals surface area contributed by atoms with Crippen molar-refractivity contribution in [3.63, 3.8) is 0 Å². The molecule has 0 saturated carbocycles. The lowest BCUT2D eigenvalue weighted by Crippen LogP contribution is -2.32. The van der Waals surface area contributed by atoms with Crippen LogP contribution in [0.5, 0.6) is 0 Å². The normalized spacial score (nSPS) is 12.4. The van der Waals surface area contributed by atoms with Crippen LogP contribution in [0.2, 0.25) is 5.02 Å². The molecule has 3 aromatic rings. The zero-order valence-electron chi connectivity index (χ0n) is 17.0. The smallest absolute Gasteiger partial charge is 0.433 e. The summed E-state index contributed by atoms with van der Waals surface area (Å²) in [6.45, 7) is -0.702. The maximum absolute atomic E-state index is 13.3. The van der Waals surface area contributed by atoms with Crippen LogP contribution in [-0.4, -0.2) is 29.5 Å². The number of rotatable bonds is 6. The molecular weight excluding hydrogens is 528 g/mol. The van der Waals surface area contributed by atoms with Gasteiger partial charge in [0.15, 0.2) is 5.82 Å². The van der Waals surface area contributed by atoms with Gasteiger partial charge in [-0.25, -0.2) is 22.5 Å². The lowest BCUT2D eigenvalue weighted by molar-refractivity contribution is -0.141. The quantitative estimate of drug-likeness (QED) is 0.429. The Balaban J connectivity index is 2.11. The van der Waals surface area contributed by atoms with Crippen molar-refractivity contribution in [2.45, 2.75) is 23.8 Å². The second kappa shape index (κ2) is 9.34. The first-order valence-corrected chi connectivity index (χ1v) is 11.0. The Kier molecular flexibility index (Phi) is 7.00. The number of halogens is 7. The number of hydrogen-bond acceptors (Lipinski definition) is 5. The highest BCUT2D eigenvalue weighted by Crippen LogP contribution is 2.36. The number of carboxylic acid groups (broad SMARTS) is 1. The minimum Gasteiger partial charge on any atom is -0.478 e. The van der Waals surface area contributed by atoms with Crippen LogP contribution in [0.15, 0.2) is 59.8 Å². The van der Waals surface area contributed by atoms with E-state index in [1.807, 2.05) is 0 Å². The van der Waals surface area contributed by atoms with Gasteiger partial charge >= 0.3 is 18.3 Å². The zero-order chi connectivity index (χ0) is 26.2. The van der Waals surface area contributed by atoms with Gasteiger partial charge in [0.1, 0.15) is 5.69 Å². The number of sulfonamides is 1. The molecule has 15 heteroatoms. The number of alkyl halides is 6. The molecule has 0 aliphatic rings. The second-order valence-electron chi connectivity index (χ2n) is 6.92. The van der Waals surface area contributed by atoms with E-state index in [1.165, 1.54) is 0 Å². The Morgan fingerprint density at radius 2 is 1.57 bits per heavy atom. The molecule has 35 heavy (non-hydrogen) atoms. The third-order valence-corrected chi connectivity index (χ3v) is 6.54. The van der Waals surface area contributed by atoms with E-state index in [9.17, 15) is 39.6 Å². The maximum Gasteiger partial charge on any atom is 0.433 e. The van der Waals surface area contributed by atoms with Gasteiger partial charge in [0.2, 0.25) is 0 Å². The van der Waals surface area contributed by atoms with E-state index in [-0.39, 0.29) is 11.1 Å². The summed E-state index contributed by atoms with van der Waals surface area (Å²) in [6, 6.07) is 5.83. The molecule has 0 spiro atoms. The molecule has 0 atom stereocenters. The number of nitrogens with zero attached hydrogens (tertiary/aromatic N) is 3. The maximum atomic E-state index is 13.3. The lowest BCUT2D eigenvalue weighted by Gasteiger charge is -2.25. The topological polar surface area (TPSA) is 100 Å². The molecule has 0 aliphatic carbocycles. The van der Waals surface area contributed by atoms with Gasteiger partial charge in [0.05, 0.1) is 27.6 Å². The lowest BCUT2D eigenvalue weighted by atomic mass is 10.2.